The minimum Gasteiger partial charge on any atom is -0.256 e. The summed E-state index contributed by atoms with van der Waals surface area (Å²) in [6.07, 6.45) is 1.68. The van der Waals surface area contributed by atoms with Gasteiger partial charge in [-0.2, -0.15) is 0 Å². The molecule has 0 fully saturated rings. The lowest BCUT2D eigenvalue weighted by molar-refractivity contribution is 0.628. The van der Waals surface area contributed by atoms with E-state index >= 15 is 0 Å². The van der Waals surface area contributed by atoms with E-state index in [4.69, 9.17) is 11.6 Å². The van der Waals surface area contributed by atoms with Gasteiger partial charge in [0.25, 0.3) is 0 Å². The van der Waals surface area contributed by atoms with Crippen LogP contribution in [0.4, 0.5) is 4.39 Å². The number of hydrogen-bond donors (Lipinski definition) is 0. The zero-order valence-corrected chi connectivity index (χ0v) is 8.71. The zero-order chi connectivity index (χ0) is 10.7. The molecule has 2 aromatic rings. The van der Waals surface area contributed by atoms with Crippen molar-refractivity contribution in [1.82, 2.24) is 4.98 Å². The van der Waals surface area contributed by atoms with Crippen LogP contribution < -0.4 is 0 Å². The Morgan fingerprint density at radius 1 is 1.20 bits per heavy atom. The predicted octanol–water partition coefficient (Wildman–Crippen LogP) is 3.63. The molecule has 3 heteroatoms. The lowest BCUT2D eigenvalue weighted by Gasteiger charge is -2.05. The molecule has 0 radical (unpaired) electrons. The smallest absolute Gasteiger partial charge is 0.123 e. The maximum Gasteiger partial charge on any atom is 0.123 e. The Labute approximate surface area is 92.5 Å². The van der Waals surface area contributed by atoms with Crippen LogP contribution in [-0.4, -0.2) is 4.98 Å². The first kappa shape index (κ1) is 10.1. The molecule has 0 N–H and O–H groups in total. The van der Waals surface area contributed by atoms with E-state index in [1.54, 1.807) is 12.3 Å². The maximum atomic E-state index is 13.0. The van der Waals surface area contributed by atoms with E-state index in [0.717, 1.165) is 16.8 Å². The highest BCUT2D eigenvalue weighted by molar-refractivity contribution is 6.17. The van der Waals surface area contributed by atoms with Crippen LogP contribution in [0.1, 0.15) is 5.56 Å². The van der Waals surface area contributed by atoms with Crippen LogP contribution in [0.3, 0.4) is 0 Å². The predicted molar refractivity (Wildman–Crippen MR) is 59.2 cm³/mol. The van der Waals surface area contributed by atoms with Gasteiger partial charge in [-0.05, 0) is 23.8 Å². The molecular weight excluding hydrogens is 213 g/mol. The summed E-state index contributed by atoms with van der Waals surface area (Å²) in [6.45, 7) is 0. The van der Waals surface area contributed by atoms with Crippen molar-refractivity contribution < 1.29 is 4.39 Å². The summed E-state index contributed by atoms with van der Waals surface area (Å²) in [5.41, 5.74) is 2.41. The largest absolute Gasteiger partial charge is 0.256 e. The summed E-state index contributed by atoms with van der Waals surface area (Å²) in [4.78, 5) is 4.21. The summed E-state index contributed by atoms with van der Waals surface area (Å²) in [5.74, 6) is 0.110. The fourth-order valence-electron chi connectivity index (χ4n) is 1.44. The molecule has 0 saturated heterocycles. The highest BCUT2D eigenvalue weighted by Crippen LogP contribution is 2.22. The number of alkyl halides is 1. The van der Waals surface area contributed by atoms with Gasteiger partial charge in [-0.15, -0.1) is 11.6 Å². The van der Waals surface area contributed by atoms with Gasteiger partial charge in [0.05, 0.1) is 5.69 Å². The van der Waals surface area contributed by atoms with Gasteiger partial charge in [-0.1, -0.05) is 18.2 Å². The average molecular weight is 222 g/mol. The lowest BCUT2D eigenvalue weighted by atomic mass is 10.1. The van der Waals surface area contributed by atoms with Crippen LogP contribution in [0.2, 0.25) is 0 Å². The van der Waals surface area contributed by atoms with Crippen molar-refractivity contribution in [2.75, 3.05) is 0 Å². The zero-order valence-electron chi connectivity index (χ0n) is 7.95. The molecule has 0 aliphatic carbocycles. The Balaban J connectivity index is 2.53. The Morgan fingerprint density at radius 3 is 2.80 bits per heavy atom. The number of rotatable bonds is 2. The highest BCUT2D eigenvalue weighted by Gasteiger charge is 2.05. The monoisotopic (exact) mass is 221 g/mol. The number of halogens is 2. The fourth-order valence-corrected chi connectivity index (χ4v) is 1.66. The summed E-state index contributed by atoms with van der Waals surface area (Å²) in [7, 11) is 0. The van der Waals surface area contributed by atoms with Crippen molar-refractivity contribution >= 4 is 11.6 Å². The molecule has 1 heterocycles. The van der Waals surface area contributed by atoms with Crippen LogP contribution >= 0.6 is 11.6 Å². The molecule has 0 aliphatic heterocycles. The second kappa shape index (κ2) is 4.41. The van der Waals surface area contributed by atoms with Crippen LogP contribution in [0.5, 0.6) is 0 Å². The molecular formula is C12H9ClFN. The number of benzene rings is 1. The van der Waals surface area contributed by atoms with Gasteiger partial charge in [0.1, 0.15) is 5.82 Å². The second-order valence-electron chi connectivity index (χ2n) is 3.16. The third-order valence-electron chi connectivity index (χ3n) is 2.13. The molecule has 76 valence electrons. The van der Waals surface area contributed by atoms with Gasteiger partial charge in [0, 0.05) is 17.6 Å². The fraction of sp³-hybridized carbons (Fsp3) is 0.0833. The Bertz CT molecular complexity index is 471. The van der Waals surface area contributed by atoms with E-state index in [1.165, 1.54) is 12.1 Å². The molecule has 0 saturated carbocycles. The third-order valence-corrected chi connectivity index (χ3v) is 2.42. The molecule has 0 atom stereocenters. The summed E-state index contributed by atoms with van der Waals surface area (Å²) in [6, 6.07) is 10.1. The molecule has 0 spiro atoms. The van der Waals surface area contributed by atoms with Crippen molar-refractivity contribution in [3.63, 3.8) is 0 Å². The van der Waals surface area contributed by atoms with Gasteiger partial charge >= 0.3 is 0 Å². The molecule has 0 amide bonds. The van der Waals surface area contributed by atoms with E-state index in [0.29, 0.717) is 5.88 Å². The third kappa shape index (κ3) is 2.16. The first-order valence-electron chi connectivity index (χ1n) is 4.57. The summed E-state index contributed by atoms with van der Waals surface area (Å²) in [5, 5.41) is 0. The van der Waals surface area contributed by atoms with Crippen molar-refractivity contribution in [2.45, 2.75) is 5.88 Å². The van der Waals surface area contributed by atoms with Crippen LogP contribution in [0.25, 0.3) is 11.3 Å². The first-order valence-corrected chi connectivity index (χ1v) is 5.10. The molecule has 2 rings (SSSR count). The molecule has 0 bridgehead atoms. The number of pyridine rings is 1. The van der Waals surface area contributed by atoms with Crippen molar-refractivity contribution in [3.8, 4) is 11.3 Å². The van der Waals surface area contributed by atoms with Crippen molar-refractivity contribution in [1.29, 1.82) is 0 Å². The van der Waals surface area contributed by atoms with Crippen molar-refractivity contribution in [3.05, 3.63) is 54.0 Å². The quantitative estimate of drug-likeness (QED) is 0.706. The first-order chi connectivity index (χ1) is 7.31. The van der Waals surface area contributed by atoms with Crippen LogP contribution in [0.15, 0.2) is 42.6 Å². The minimum absolute atomic E-state index is 0.265. The Morgan fingerprint density at radius 2 is 2.07 bits per heavy atom. The normalized spacial score (nSPS) is 10.3. The van der Waals surface area contributed by atoms with E-state index < -0.39 is 0 Å². The second-order valence-corrected chi connectivity index (χ2v) is 3.42. The molecule has 1 nitrogen and oxygen atoms in total. The SMILES string of the molecule is Fc1cccc(-c2ncccc2CCl)c1. The van der Waals surface area contributed by atoms with E-state index in [9.17, 15) is 4.39 Å². The van der Waals surface area contributed by atoms with Gasteiger partial charge in [0.15, 0.2) is 0 Å². The summed E-state index contributed by atoms with van der Waals surface area (Å²) < 4.78 is 13.0. The highest BCUT2D eigenvalue weighted by atomic mass is 35.5. The van der Waals surface area contributed by atoms with Gasteiger partial charge < -0.3 is 0 Å². The van der Waals surface area contributed by atoms with Gasteiger partial charge in [0.2, 0.25) is 0 Å². The summed E-state index contributed by atoms with van der Waals surface area (Å²) >= 11 is 5.79. The Kier molecular flexibility index (Phi) is 2.97. The van der Waals surface area contributed by atoms with E-state index in [1.807, 2.05) is 18.2 Å². The molecule has 15 heavy (non-hydrogen) atoms. The standard InChI is InChI=1S/C12H9ClFN/c13-8-10-4-2-6-15-12(10)9-3-1-5-11(14)7-9/h1-7H,8H2. The van der Waals surface area contributed by atoms with Crippen molar-refractivity contribution in [2.24, 2.45) is 0 Å². The molecule has 0 unspecified atom stereocenters. The molecule has 1 aromatic heterocycles. The van der Waals surface area contributed by atoms with Crippen LogP contribution in [-0.2, 0) is 5.88 Å². The molecule has 1 aromatic carbocycles. The topological polar surface area (TPSA) is 12.9 Å². The average Bonchev–Trinajstić information content (AvgIpc) is 2.29. The van der Waals surface area contributed by atoms with E-state index in [-0.39, 0.29) is 5.82 Å². The van der Waals surface area contributed by atoms with Crippen LogP contribution in [0, 0.1) is 5.82 Å². The number of nitrogens with zero attached hydrogens (tertiary/aromatic N) is 1. The molecule has 0 aliphatic rings. The van der Waals surface area contributed by atoms with E-state index in [2.05, 4.69) is 4.98 Å². The lowest BCUT2D eigenvalue weighted by Crippen LogP contribution is -1.90. The minimum atomic E-state index is -0.265. The van der Waals surface area contributed by atoms with Gasteiger partial charge in [-0.25, -0.2) is 4.39 Å². The van der Waals surface area contributed by atoms with Gasteiger partial charge in [-0.3, -0.25) is 4.98 Å². The number of hydrogen-bond acceptors (Lipinski definition) is 1. The maximum absolute atomic E-state index is 13.0. The Hall–Kier alpha value is -1.41. The number of aromatic nitrogens is 1.